The van der Waals surface area contributed by atoms with E-state index in [4.69, 9.17) is 9.26 Å². The van der Waals surface area contributed by atoms with Crippen molar-refractivity contribution in [1.29, 1.82) is 0 Å². The molecule has 0 fully saturated rings. The number of phosphoric acid groups is 1. The van der Waals surface area contributed by atoms with E-state index in [0.29, 0.717) is 17.4 Å². The number of hydrogen-bond acceptors (Lipinski definition) is 7. The summed E-state index contributed by atoms with van der Waals surface area (Å²) in [6, 6.07) is 0. The zero-order chi connectivity index (χ0) is 36.3. The number of phosphoric ester groups is 1. The van der Waals surface area contributed by atoms with E-state index in [1.54, 1.807) is 0 Å². The number of esters is 1. The lowest BCUT2D eigenvalue weighted by Crippen LogP contribution is -2.37. The van der Waals surface area contributed by atoms with Crippen molar-refractivity contribution < 1.29 is 37.6 Å². The second-order valence-electron chi connectivity index (χ2n) is 13.4. The van der Waals surface area contributed by atoms with Crippen LogP contribution in [0.2, 0.25) is 0 Å². The Kier molecular flexibility index (Phi) is 31.7. The molecule has 0 saturated heterocycles. The molecule has 1 N–H and O–H groups in total. The molecule has 282 valence electrons. The number of quaternary nitrogens is 1. The first-order chi connectivity index (χ1) is 23.6. The first-order valence-electron chi connectivity index (χ1n) is 18.7. The maximum atomic E-state index is 11.9. The summed E-state index contributed by atoms with van der Waals surface area (Å²) < 4.78 is 26.8. The molecule has 0 spiro atoms. The lowest BCUT2D eigenvalue weighted by atomic mass is 10.1. The predicted octanol–water partition coefficient (Wildman–Crippen LogP) is 9.48. The van der Waals surface area contributed by atoms with Gasteiger partial charge in [-0.2, -0.15) is 0 Å². The van der Waals surface area contributed by atoms with Crippen LogP contribution in [0.25, 0.3) is 0 Å². The maximum Gasteiger partial charge on any atom is 0.305 e. The third-order valence-electron chi connectivity index (χ3n) is 7.47. The van der Waals surface area contributed by atoms with Crippen molar-refractivity contribution in [2.75, 3.05) is 47.5 Å². The first kappa shape index (κ1) is 46.9. The van der Waals surface area contributed by atoms with Gasteiger partial charge in [0.05, 0.1) is 27.7 Å². The van der Waals surface area contributed by atoms with E-state index in [1.807, 2.05) is 21.1 Å². The second-order valence-corrected chi connectivity index (χ2v) is 14.8. The van der Waals surface area contributed by atoms with Crippen molar-refractivity contribution in [1.82, 2.24) is 0 Å². The van der Waals surface area contributed by atoms with Gasteiger partial charge in [-0.3, -0.25) is 9.36 Å². The monoisotopic (exact) mass is 707 g/mol. The van der Waals surface area contributed by atoms with Crippen molar-refractivity contribution in [3.8, 4) is 0 Å². The highest BCUT2D eigenvalue weighted by Gasteiger charge is 2.16. The topological polar surface area (TPSA) is 105 Å². The van der Waals surface area contributed by atoms with Crippen molar-refractivity contribution in [2.45, 2.75) is 129 Å². The zero-order valence-electron chi connectivity index (χ0n) is 31.4. The Morgan fingerprint density at radius 2 is 1.08 bits per heavy atom. The average molecular weight is 708 g/mol. The normalized spacial score (nSPS) is 14.8. The molecule has 0 bridgehead atoms. The zero-order valence-corrected chi connectivity index (χ0v) is 32.2. The van der Waals surface area contributed by atoms with Crippen LogP contribution in [0.1, 0.15) is 122 Å². The van der Waals surface area contributed by atoms with Crippen molar-refractivity contribution >= 4 is 13.8 Å². The minimum atomic E-state index is -4.50. The highest BCUT2D eigenvalue weighted by Crippen LogP contribution is 2.38. The fourth-order valence-electron chi connectivity index (χ4n) is 4.54. The summed E-state index contributed by atoms with van der Waals surface area (Å²) in [5.41, 5.74) is 0. The van der Waals surface area contributed by atoms with Gasteiger partial charge in [0.1, 0.15) is 25.9 Å². The summed E-state index contributed by atoms with van der Waals surface area (Å²) in [6.07, 6.45) is 44.8. The minimum absolute atomic E-state index is 0.0122. The van der Waals surface area contributed by atoms with E-state index >= 15 is 0 Å². The number of likely N-dealkylation sites (N-methyl/N-ethyl adjacent to an activating group) is 1. The molecule has 0 rings (SSSR count). The van der Waals surface area contributed by atoms with E-state index in [-0.39, 0.29) is 13.2 Å². The molecule has 0 aromatic carbocycles. The Balaban J connectivity index is 3.53. The van der Waals surface area contributed by atoms with Gasteiger partial charge in [0, 0.05) is 6.42 Å². The Bertz CT molecular complexity index is 1010. The van der Waals surface area contributed by atoms with Crippen LogP contribution in [0.3, 0.4) is 0 Å². The van der Waals surface area contributed by atoms with Gasteiger partial charge in [-0.05, 0) is 57.8 Å². The number of carbonyl (C=O) groups excluding carboxylic acids is 1. The fourth-order valence-corrected chi connectivity index (χ4v) is 5.27. The molecule has 0 heterocycles. The van der Waals surface area contributed by atoms with Gasteiger partial charge in [0.25, 0.3) is 7.82 Å². The molecule has 0 amide bonds. The minimum Gasteiger partial charge on any atom is -0.756 e. The molecule has 2 atom stereocenters. The smallest absolute Gasteiger partial charge is 0.305 e. The van der Waals surface area contributed by atoms with Gasteiger partial charge < -0.3 is 28.3 Å². The Morgan fingerprint density at radius 3 is 1.55 bits per heavy atom. The number of carbonyl (C=O) groups is 1. The van der Waals surface area contributed by atoms with Crippen LogP contribution in [-0.2, 0) is 23.1 Å². The third kappa shape index (κ3) is 38.6. The van der Waals surface area contributed by atoms with Gasteiger partial charge >= 0.3 is 5.97 Å². The highest BCUT2D eigenvalue weighted by molar-refractivity contribution is 7.45. The Labute approximate surface area is 299 Å². The van der Waals surface area contributed by atoms with Gasteiger partial charge in [-0.25, -0.2) is 0 Å². The van der Waals surface area contributed by atoms with Crippen LogP contribution in [-0.4, -0.2) is 69.2 Å². The molecule has 49 heavy (non-hydrogen) atoms. The van der Waals surface area contributed by atoms with Crippen molar-refractivity contribution in [3.63, 3.8) is 0 Å². The molecular weight excluding hydrogens is 637 g/mol. The number of aliphatic hydroxyl groups is 1. The van der Waals surface area contributed by atoms with Crippen LogP contribution in [0.15, 0.2) is 72.9 Å². The molecule has 0 aliphatic rings. The standard InChI is InChI=1S/C40H70NO7P/c1-5-6-7-8-9-10-11-12-13-14-15-16-17-18-19-20-21-22-23-24-25-26-27-28-29-30-31-32-33-34-40(43)46-37-39(42)38-48-49(44,45)47-36-35-41(2,3)4/h6-7,9-10,12-13,15-16,18-19,21-22,39,42H,5,8,11,14,17,20,23-38H2,1-4H3/b7-6-,10-9-,13-12-,16-15-,19-18-,22-21-. The Hall–Kier alpha value is -2.06. The van der Waals surface area contributed by atoms with Crippen LogP contribution < -0.4 is 4.89 Å². The van der Waals surface area contributed by atoms with E-state index in [1.165, 1.54) is 44.9 Å². The Morgan fingerprint density at radius 1 is 0.653 bits per heavy atom. The van der Waals surface area contributed by atoms with E-state index in [9.17, 15) is 19.4 Å². The number of hydrogen-bond donors (Lipinski definition) is 1. The number of aliphatic hydroxyl groups excluding tert-OH is 1. The molecule has 2 unspecified atom stereocenters. The van der Waals surface area contributed by atoms with Crippen LogP contribution in [0.4, 0.5) is 0 Å². The molecule has 0 aliphatic carbocycles. The summed E-state index contributed by atoms with van der Waals surface area (Å²) in [6.45, 7) is 1.81. The van der Waals surface area contributed by atoms with E-state index < -0.39 is 26.5 Å². The molecule has 0 radical (unpaired) electrons. The molecule has 0 aliphatic heterocycles. The number of nitrogens with zero attached hydrogens (tertiary/aromatic N) is 1. The summed E-state index contributed by atoms with van der Waals surface area (Å²) in [5, 5.41) is 9.87. The van der Waals surface area contributed by atoms with Crippen LogP contribution in [0, 0.1) is 0 Å². The van der Waals surface area contributed by atoms with Crippen LogP contribution in [0.5, 0.6) is 0 Å². The first-order valence-corrected chi connectivity index (χ1v) is 20.2. The predicted molar refractivity (Wildman–Crippen MR) is 203 cm³/mol. The number of rotatable bonds is 33. The summed E-state index contributed by atoms with van der Waals surface area (Å²) in [7, 11) is 1.24. The van der Waals surface area contributed by atoms with Gasteiger partial charge in [0.15, 0.2) is 0 Å². The summed E-state index contributed by atoms with van der Waals surface area (Å²) >= 11 is 0. The molecule has 9 heteroatoms. The molecular formula is C40H70NO7P. The van der Waals surface area contributed by atoms with Gasteiger partial charge in [0.2, 0.25) is 0 Å². The van der Waals surface area contributed by atoms with Crippen LogP contribution >= 0.6 is 7.82 Å². The molecule has 0 aromatic rings. The molecule has 0 saturated carbocycles. The summed E-state index contributed by atoms with van der Waals surface area (Å²) in [4.78, 5) is 23.7. The largest absolute Gasteiger partial charge is 0.756 e. The number of ether oxygens (including phenoxy) is 1. The molecule has 0 aromatic heterocycles. The van der Waals surface area contributed by atoms with Crippen molar-refractivity contribution in [2.24, 2.45) is 0 Å². The van der Waals surface area contributed by atoms with E-state index in [2.05, 4.69) is 84.4 Å². The van der Waals surface area contributed by atoms with E-state index in [0.717, 1.165) is 64.2 Å². The lowest BCUT2D eigenvalue weighted by Gasteiger charge is -2.27. The number of unbranched alkanes of at least 4 members (excludes halogenated alkanes) is 10. The second kappa shape index (κ2) is 33.1. The maximum absolute atomic E-state index is 11.9. The SMILES string of the molecule is CC/C=C\C/C=C\C/C=C\C/C=C\C/C=C\C/C=C\CCCCCCCCCCCCC(=O)OCC(O)COP(=O)([O-])OCC[N+](C)(C)C. The third-order valence-corrected chi connectivity index (χ3v) is 8.44. The molecule has 8 nitrogen and oxygen atoms in total. The van der Waals surface area contributed by atoms with Gasteiger partial charge in [-0.15, -0.1) is 0 Å². The quantitative estimate of drug-likeness (QED) is 0.0238. The fraction of sp³-hybridized carbons (Fsp3) is 0.675. The van der Waals surface area contributed by atoms with Gasteiger partial charge in [-0.1, -0.05) is 131 Å². The average Bonchev–Trinajstić information content (AvgIpc) is 3.05. The lowest BCUT2D eigenvalue weighted by molar-refractivity contribution is -0.870. The summed E-state index contributed by atoms with van der Waals surface area (Å²) in [5.74, 6) is -0.396. The number of allylic oxidation sites excluding steroid dienone is 12. The highest BCUT2D eigenvalue weighted by atomic mass is 31.2. The van der Waals surface area contributed by atoms with Crippen molar-refractivity contribution in [3.05, 3.63) is 72.9 Å².